The Morgan fingerprint density at radius 2 is 1.47 bits per heavy atom. The van der Waals surface area contributed by atoms with Gasteiger partial charge in [-0.3, -0.25) is 9.80 Å². The van der Waals surface area contributed by atoms with Gasteiger partial charge in [0.25, 0.3) is 0 Å². The lowest BCUT2D eigenvalue weighted by atomic mass is 10.1. The van der Waals surface area contributed by atoms with Crippen molar-refractivity contribution in [2.24, 2.45) is 0 Å². The molecule has 0 aliphatic carbocycles. The molecule has 0 radical (unpaired) electrons. The number of carboxylic acids is 2. The third kappa shape index (κ3) is 7.55. The van der Waals surface area contributed by atoms with Gasteiger partial charge in [-0.05, 0) is 35.9 Å². The molecule has 2 aromatic rings. The van der Waals surface area contributed by atoms with Crippen molar-refractivity contribution in [2.75, 3.05) is 33.3 Å². The van der Waals surface area contributed by atoms with Crippen molar-refractivity contribution in [1.29, 1.82) is 0 Å². The Kier molecular flexibility index (Phi) is 8.91. The molecule has 3 N–H and O–H groups in total. The van der Waals surface area contributed by atoms with E-state index in [1.807, 2.05) is 18.2 Å². The third-order valence-electron chi connectivity index (χ3n) is 4.65. The number of carbonyl (C=O) groups is 2. The number of hydrogen-bond acceptors (Lipinski definition) is 6. The Morgan fingerprint density at radius 1 is 0.933 bits per heavy atom. The molecule has 2 aromatic carbocycles. The van der Waals surface area contributed by atoms with E-state index < -0.39 is 11.9 Å². The van der Waals surface area contributed by atoms with Crippen LogP contribution in [0.4, 0.5) is 0 Å². The van der Waals surface area contributed by atoms with Crippen LogP contribution in [0.2, 0.25) is 5.02 Å². The highest BCUT2D eigenvalue weighted by molar-refractivity contribution is 6.30. The van der Waals surface area contributed by atoms with E-state index in [-0.39, 0.29) is 0 Å². The fraction of sp³-hybridized carbons (Fsp3) is 0.333. The van der Waals surface area contributed by atoms with Crippen molar-refractivity contribution in [2.45, 2.75) is 13.1 Å². The minimum absolute atomic E-state index is 0.333. The van der Waals surface area contributed by atoms with Crippen LogP contribution in [-0.4, -0.2) is 70.3 Å². The van der Waals surface area contributed by atoms with Gasteiger partial charge < -0.3 is 20.1 Å². The highest BCUT2D eigenvalue weighted by Crippen LogP contribution is 2.24. The average Bonchev–Trinajstić information content (AvgIpc) is 2.73. The summed E-state index contributed by atoms with van der Waals surface area (Å²) < 4.78 is 5.24. The third-order valence-corrected chi connectivity index (χ3v) is 4.90. The number of piperazine rings is 1. The molecular weight excluding hydrogens is 412 g/mol. The van der Waals surface area contributed by atoms with Crippen LogP contribution >= 0.6 is 11.6 Å². The monoisotopic (exact) mass is 436 g/mol. The fourth-order valence-corrected chi connectivity index (χ4v) is 3.14. The largest absolute Gasteiger partial charge is 0.508 e. The second-order valence-corrected chi connectivity index (χ2v) is 7.22. The summed E-state index contributed by atoms with van der Waals surface area (Å²) in [5.41, 5.74) is 2.21. The molecule has 1 fully saturated rings. The molecule has 8 nitrogen and oxygen atoms in total. The van der Waals surface area contributed by atoms with Crippen molar-refractivity contribution in [3.8, 4) is 11.5 Å². The minimum Gasteiger partial charge on any atom is -0.508 e. The van der Waals surface area contributed by atoms with E-state index in [1.54, 1.807) is 19.2 Å². The van der Waals surface area contributed by atoms with Crippen LogP contribution in [0.25, 0.3) is 0 Å². The molecule has 0 unspecified atom stereocenters. The van der Waals surface area contributed by atoms with Gasteiger partial charge in [0.05, 0.1) is 7.11 Å². The summed E-state index contributed by atoms with van der Waals surface area (Å²) in [7, 11) is 1.64. The van der Waals surface area contributed by atoms with Gasteiger partial charge in [0.1, 0.15) is 11.5 Å². The highest BCUT2D eigenvalue weighted by Gasteiger charge is 2.18. The van der Waals surface area contributed by atoms with Crippen molar-refractivity contribution in [3.05, 3.63) is 58.6 Å². The molecule has 162 valence electrons. The van der Waals surface area contributed by atoms with Crippen LogP contribution in [0.15, 0.2) is 42.5 Å². The number of benzene rings is 2. The lowest BCUT2D eigenvalue weighted by Crippen LogP contribution is -2.45. The van der Waals surface area contributed by atoms with E-state index in [2.05, 4.69) is 21.9 Å². The molecule has 0 aromatic heterocycles. The first-order chi connectivity index (χ1) is 14.3. The second-order valence-electron chi connectivity index (χ2n) is 6.78. The number of ether oxygens (including phenoxy) is 1. The first-order valence-electron chi connectivity index (χ1n) is 9.29. The van der Waals surface area contributed by atoms with E-state index in [9.17, 15) is 5.11 Å². The van der Waals surface area contributed by atoms with E-state index in [0.29, 0.717) is 5.75 Å². The first kappa shape index (κ1) is 23.5. The lowest BCUT2D eigenvalue weighted by Gasteiger charge is -2.34. The standard InChI is InChI=1S/C19H23ClN2O2.C2H2O4/c1-24-18-6-7-19(23)16(12-18)14-22-10-8-21(9-11-22)13-15-2-4-17(20)5-3-15;3-1(4)2(5)6/h2-7,12,23H,8-11,13-14H2,1H3;(H,3,4)(H,5,6). The SMILES string of the molecule is COc1ccc(O)c(CN2CCN(Cc3ccc(Cl)cc3)CC2)c1.O=C(O)C(=O)O. The van der Waals surface area contributed by atoms with E-state index in [0.717, 1.165) is 55.6 Å². The molecule has 30 heavy (non-hydrogen) atoms. The summed E-state index contributed by atoms with van der Waals surface area (Å²) in [5.74, 6) is -2.53. The van der Waals surface area contributed by atoms with Crippen LogP contribution in [0.3, 0.4) is 0 Å². The van der Waals surface area contributed by atoms with Crippen LogP contribution in [0.5, 0.6) is 11.5 Å². The predicted molar refractivity (Wildman–Crippen MR) is 112 cm³/mol. The van der Waals surface area contributed by atoms with Gasteiger partial charge in [-0.2, -0.15) is 0 Å². The molecule has 0 bridgehead atoms. The van der Waals surface area contributed by atoms with Gasteiger partial charge in [0, 0.05) is 49.9 Å². The summed E-state index contributed by atoms with van der Waals surface area (Å²) in [6, 6.07) is 13.5. The van der Waals surface area contributed by atoms with Crippen molar-refractivity contribution >= 4 is 23.5 Å². The number of carboxylic acid groups (broad SMARTS) is 2. The summed E-state index contributed by atoms with van der Waals surface area (Å²) >= 11 is 5.94. The molecule has 0 amide bonds. The Balaban J connectivity index is 0.000000469. The summed E-state index contributed by atoms with van der Waals surface area (Å²) in [4.78, 5) is 23.0. The van der Waals surface area contributed by atoms with Gasteiger partial charge in [-0.25, -0.2) is 9.59 Å². The second kappa shape index (κ2) is 11.4. The van der Waals surface area contributed by atoms with Gasteiger partial charge in [0.15, 0.2) is 0 Å². The Hall–Kier alpha value is -2.81. The number of phenols is 1. The maximum atomic E-state index is 10.0. The number of hydrogen-bond donors (Lipinski definition) is 3. The summed E-state index contributed by atoms with van der Waals surface area (Å²) in [6.07, 6.45) is 0. The van der Waals surface area contributed by atoms with Gasteiger partial charge >= 0.3 is 11.9 Å². The molecule has 1 aliphatic rings. The number of halogens is 1. The Bertz CT molecular complexity index is 839. The van der Waals surface area contributed by atoms with Gasteiger partial charge in [-0.1, -0.05) is 23.7 Å². The molecule has 0 saturated carbocycles. The molecule has 1 aliphatic heterocycles. The average molecular weight is 437 g/mol. The van der Waals surface area contributed by atoms with Crippen molar-refractivity contribution < 1.29 is 29.6 Å². The van der Waals surface area contributed by atoms with Crippen LogP contribution in [0, 0.1) is 0 Å². The maximum absolute atomic E-state index is 10.0. The minimum atomic E-state index is -1.82. The zero-order chi connectivity index (χ0) is 22.1. The fourth-order valence-electron chi connectivity index (χ4n) is 3.01. The number of aromatic hydroxyl groups is 1. The summed E-state index contributed by atoms with van der Waals surface area (Å²) in [5, 5.41) is 25.6. The summed E-state index contributed by atoms with van der Waals surface area (Å²) in [6.45, 7) is 5.72. The molecule has 1 saturated heterocycles. The molecule has 0 spiro atoms. The highest BCUT2D eigenvalue weighted by atomic mass is 35.5. The zero-order valence-electron chi connectivity index (χ0n) is 16.6. The van der Waals surface area contributed by atoms with E-state index >= 15 is 0 Å². The number of phenolic OH excluding ortho intramolecular Hbond substituents is 1. The lowest BCUT2D eigenvalue weighted by molar-refractivity contribution is -0.159. The Labute approximate surface area is 179 Å². The predicted octanol–water partition coefficient (Wildman–Crippen LogP) is 2.53. The molecule has 3 rings (SSSR count). The first-order valence-corrected chi connectivity index (χ1v) is 9.67. The van der Waals surface area contributed by atoms with E-state index in [1.165, 1.54) is 5.56 Å². The number of aliphatic carboxylic acids is 2. The number of rotatable bonds is 5. The zero-order valence-corrected chi connectivity index (χ0v) is 17.4. The maximum Gasteiger partial charge on any atom is 0.414 e. The topological polar surface area (TPSA) is 111 Å². The quantitative estimate of drug-likeness (QED) is 0.613. The van der Waals surface area contributed by atoms with Gasteiger partial charge in [-0.15, -0.1) is 0 Å². The number of nitrogens with zero attached hydrogens (tertiary/aromatic N) is 2. The van der Waals surface area contributed by atoms with Crippen LogP contribution in [0.1, 0.15) is 11.1 Å². The van der Waals surface area contributed by atoms with Crippen LogP contribution < -0.4 is 4.74 Å². The normalized spacial score (nSPS) is 14.5. The molecule has 9 heteroatoms. The smallest absolute Gasteiger partial charge is 0.414 e. The molecule has 0 atom stereocenters. The Morgan fingerprint density at radius 3 is 1.97 bits per heavy atom. The molecule has 1 heterocycles. The van der Waals surface area contributed by atoms with E-state index in [4.69, 9.17) is 36.1 Å². The number of methoxy groups -OCH3 is 1. The van der Waals surface area contributed by atoms with Crippen molar-refractivity contribution in [1.82, 2.24) is 9.80 Å². The van der Waals surface area contributed by atoms with Gasteiger partial charge in [0.2, 0.25) is 0 Å². The van der Waals surface area contributed by atoms with Crippen molar-refractivity contribution in [3.63, 3.8) is 0 Å². The van der Waals surface area contributed by atoms with Crippen LogP contribution in [-0.2, 0) is 22.7 Å². The molecular formula is C21H25ClN2O6.